The first-order valence-corrected chi connectivity index (χ1v) is 8.55. The van der Waals surface area contributed by atoms with Gasteiger partial charge in [0.25, 0.3) is 5.91 Å². The Morgan fingerprint density at radius 3 is 2.56 bits per heavy atom. The third-order valence-electron chi connectivity index (χ3n) is 3.61. The Morgan fingerprint density at radius 1 is 1.22 bits per heavy atom. The molecule has 2 heterocycles. The van der Waals surface area contributed by atoms with Crippen LogP contribution >= 0.6 is 24.0 Å². The number of halogens is 1. The summed E-state index contributed by atoms with van der Waals surface area (Å²) in [5.41, 5.74) is -1.20. The minimum atomic E-state index is -1.20. The van der Waals surface area contributed by atoms with Crippen molar-refractivity contribution in [3.05, 3.63) is 47.8 Å². The van der Waals surface area contributed by atoms with Crippen LogP contribution in [0, 0.1) is 6.92 Å². The monoisotopic (exact) mass is 490 g/mol. The quantitative estimate of drug-likeness (QED) is 0.195. The van der Waals surface area contributed by atoms with E-state index in [9.17, 15) is 9.90 Å². The minimum Gasteiger partial charge on any atom is -0.463 e. The number of furan rings is 2. The summed E-state index contributed by atoms with van der Waals surface area (Å²) >= 11 is 0. The van der Waals surface area contributed by atoms with Crippen LogP contribution in [-0.4, -0.2) is 43.2 Å². The Kier molecular flexibility index (Phi) is 9.36. The van der Waals surface area contributed by atoms with Gasteiger partial charge in [-0.25, -0.2) is 4.99 Å². The maximum Gasteiger partial charge on any atom is 0.287 e. The predicted octanol–water partition coefficient (Wildman–Crippen LogP) is 1.99. The molecule has 0 aliphatic rings. The van der Waals surface area contributed by atoms with Crippen LogP contribution in [0.25, 0.3) is 0 Å². The van der Waals surface area contributed by atoms with Crippen LogP contribution in [0.3, 0.4) is 0 Å². The highest BCUT2D eigenvalue weighted by molar-refractivity contribution is 14.0. The van der Waals surface area contributed by atoms with Crippen LogP contribution in [-0.2, 0) is 5.60 Å². The van der Waals surface area contributed by atoms with Gasteiger partial charge in [-0.2, -0.15) is 0 Å². The Bertz CT molecular complexity index is 726. The van der Waals surface area contributed by atoms with Gasteiger partial charge in [0.05, 0.1) is 12.8 Å². The molecule has 1 atom stereocenters. The van der Waals surface area contributed by atoms with Crippen molar-refractivity contribution in [2.75, 3.05) is 26.2 Å². The zero-order valence-corrected chi connectivity index (χ0v) is 18.1. The fraction of sp³-hybridized carbons (Fsp3) is 0.444. The van der Waals surface area contributed by atoms with Gasteiger partial charge in [0.15, 0.2) is 11.7 Å². The lowest BCUT2D eigenvalue weighted by Crippen LogP contribution is -2.42. The zero-order valence-electron chi connectivity index (χ0n) is 15.7. The fourth-order valence-corrected chi connectivity index (χ4v) is 2.23. The van der Waals surface area contributed by atoms with E-state index in [0.29, 0.717) is 31.4 Å². The van der Waals surface area contributed by atoms with Crippen LogP contribution in [0.15, 0.2) is 44.4 Å². The molecular weight excluding hydrogens is 463 g/mol. The lowest BCUT2D eigenvalue weighted by molar-refractivity contribution is 0.0428. The van der Waals surface area contributed by atoms with E-state index in [1.54, 1.807) is 31.2 Å². The van der Waals surface area contributed by atoms with Crippen LogP contribution in [0.4, 0.5) is 0 Å². The molecule has 1 unspecified atom stereocenters. The van der Waals surface area contributed by atoms with Gasteiger partial charge in [-0.1, -0.05) is 0 Å². The molecule has 0 aromatic carbocycles. The van der Waals surface area contributed by atoms with Gasteiger partial charge in [0, 0.05) is 19.6 Å². The highest BCUT2D eigenvalue weighted by Gasteiger charge is 2.26. The minimum absolute atomic E-state index is 0. The molecule has 1 amide bonds. The van der Waals surface area contributed by atoms with Gasteiger partial charge in [-0.15, -0.1) is 24.0 Å². The number of carbonyl (C=O) groups is 1. The van der Waals surface area contributed by atoms with Gasteiger partial charge in [0.2, 0.25) is 0 Å². The second kappa shape index (κ2) is 11.0. The van der Waals surface area contributed by atoms with E-state index < -0.39 is 5.60 Å². The molecule has 8 nitrogen and oxygen atoms in total. The number of nitrogens with zero attached hydrogens (tertiary/aromatic N) is 1. The van der Waals surface area contributed by atoms with Gasteiger partial charge in [-0.05, 0) is 45.0 Å². The van der Waals surface area contributed by atoms with E-state index in [0.717, 1.165) is 5.76 Å². The van der Waals surface area contributed by atoms with Gasteiger partial charge in [-0.3, -0.25) is 4.79 Å². The molecule has 0 saturated carbocycles. The molecule has 0 spiro atoms. The van der Waals surface area contributed by atoms with E-state index in [-0.39, 0.29) is 42.2 Å². The van der Waals surface area contributed by atoms with E-state index in [1.807, 2.05) is 13.8 Å². The van der Waals surface area contributed by atoms with Crippen molar-refractivity contribution in [1.29, 1.82) is 0 Å². The largest absolute Gasteiger partial charge is 0.463 e. The molecule has 9 heteroatoms. The number of aryl methyl sites for hydroxylation is 1. The molecule has 0 aliphatic carbocycles. The second-order valence-corrected chi connectivity index (χ2v) is 6.04. The summed E-state index contributed by atoms with van der Waals surface area (Å²) in [6.07, 6.45) is 1.45. The molecule has 2 rings (SSSR count). The Labute approximate surface area is 175 Å². The molecule has 150 valence electrons. The van der Waals surface area contributed by atoms with Crippen molar-refractivity contribution < 1.29 is 18.7 Å². The number of carbonyl (C=O) groups excluding carboxylic acids is 1. The molecule has 0 aliphatic heterocycles. The Balaban J connectivity index is 0.00000364. The number of hydrogen-bond donors (Lipinski definition) is 4. The molecular formula is C18H27IN4O4. The molecule has 27 heavy (non-hydrogen) atoms. The van der Waals surface area contributed by atoms with E-state index >= 15 is 0 Å². The summed E-state index contributed by atoms with van der Waals surface area (Å²) in [6.45, 7) is 7.11. The number of hydrogen-bond acceptors (Lipinski definition) is 5. The van der Waals surface area contributed by atoms with Gasteiger partial charge < -0.3 is 29.9 Å². The van der Waals surface area contributed by atoms with E-state index in [4.69, 9.17) is 8.83 Å². The normalized spacial score (nSPS) is 13.4. The van der Waals surface area contributed by atoms with E-state index in [1.165, 1.54) is 6.26 Å². The highest BCUT2D eigenvalue weighted by Crippen LogP contribution is 2.22. The third kappa shape index (κ3) is 7.25. The highest BCUT2D eigenvalue weighted by atomic mass is 127. The summed E-state index contributed by atoms with van der Waals surface area (Å²) in [7, 11) is 0. The topological polar surface area (TPSA) is 112 Å². The SMILES string of the molecule is CCNC(=NCC(C)(O)c1ccc(C)o1)NCCNC(=O)c1ccco1.I. The molecule has 0 saturated heterocycles. The lowest BCUT2D eigenvalue weighted by atomic mass is 10.0. The number of aliphatic hydroxyl groups is 1. The van der Waals surface area contributed by atoms with Crippen molar-refractivity contribution in [3.8, 4) is 0 Å². The van der Waals surface area contributed by atoms with Crippen LogP contribution < -0.4 is 16.0 Å². The third-order valence-corrected chi connectivity index (χ3v) is 3.61. The van der Waals surface area contributed by atoms with Crippen molar-refractivity contribution >= 4 is 35.8 Å². The molecule has 2 aromatic heterocycles. The standard InChI is InChI=1S/C18H26N4O4.HI/c1-4-19-17(21-10-9-20-16(23)14-6-5-11-25-14)22-12-18(3,24)15-8-7-13(2)26-15;/h5-8,11,24H,4,9-10,12H2,1-3H3,(H,20,23)(H2,19,21,22);1H. The Hall–Kier alpha value is -2.01. The van der Waals surface area contributed by atoms with Crippen molar-refractivity contribution in [2.45, 2.75) is 26.4 Å². The van der Waals surface area contributed by atoms with Crippen molar-refractivity contribution in [1.82, 2.24) is 16.0 Å². The number of guanidine groups is 1. The first kappa shape index (κ1) is 23.0. The first-order chi connectivity index (χ1) is 12.4. The van der Waals surface area contributed by atoms with Crippen LogP contribution in [0.5, 0.6) is 0 Å². The number of nitrogens with one attached hydrogen (secondary N) is 3. The lowest BCUT2D eigenvalue weighted by Gasteiger charge is -2.19. The smallest absolute Gasteiger partial charge is 0.287 e. The maximum atomic E-state index is 11.8. The Morgan fingerprint density at radius 2 is 1.96 bits per heavy atom. The van der Waals surface area contributed by atoms with E-state index in [2.05, 4.69) is 20.9 Å². The average Bonchev–Trinajstić information content (AvgIpc) is 3.28. The summed E-state index contributed by atoms with van der Waals surface area (Å²) < 4.78 is 10.5. The van der Waals surface area contributed by atoms with Gasteiger partial charge in [0.1, 0.15) is 17.1 Å². The summed E-state index contributed by atoms with van der Waals surface area (Å²) in [5.74, 6) is 1.76. The van der Waals surface area contributed by atoms with Crippen LogP contribution in [0.2, 0.25) is 0 Å². The molecule has 0 bridgehead atoms. The zero-order chi connectivity index (χ0) is 19.0. The molecule has 0 fully saturated rings. The van der Waals surface area contributed by atoms with Crippen LogP contribution in [0.1, 0.15) is 35.9 Å². The van der Waals surface area contributed by atoms with Crippen molar-refractivity contribution in [2.24, 2.45) is 4.99 Å². The van der Waals surface area contributed by atoms with Crippen molar-refractivity contribution in [3.63, 3.8) is 0 Å². The second-order valence-electron chi connectivity index (χ2n) is 6.04. The van der Waals surface area contributed by atoms with Gasteiger partial charge >= 0.3 is 0 Å². The fourth-order valence-electron chi connectivity index (χ4n) is 2.23. The molecule has 2 aromatic rings. The summed E-state index contributed by atoms with van der Waals surface area (Å²) in [6, 6.07) is 6.82. The number of amides is 1. The first-order valence-electron chi connectivity index (χ1n) is 8.55. The number of rotatable bonds is 8. The summed E-state index contributed by atoms with van der Waals surface area (Å²) in [5, 5.41) is 19.5. The summed E-state index contributed by atoms with van der Waals surface area (Å²) in [4.78, 5) is 16.2. The predicted molar refractivity (Wildman–Crippen MR) is 113 cm³/mol. The molecule has 0 radical (unpaired) electrons. The molecule has 4 N–H and O–H groups in total. The maximum absolute atomic E-state index is 11.8. The number of aliphatic imine (C=N–C) groups is 1. The average molecular weight is 490 g/mol.